The van der Waals surface area contributed by atoms with Gasteiger partial charge in [-0.3, -0.25) is 0 Å². The van der Waals surface area contributed by atoms with Crippen LogP contribution in [-0.2, 0) is 6.42 Å². The van der Waals surface area contributed by atoms with Gasteiger partial charge in [0.15, 0.2) is 0 Å². The molecular weight excluding hydrogens is 202 g/mol. The van der Waals surface area contributed by atoms with Gasteiger partial charge in [0.25, 0.3) is 0 Å². The van der Waals surface area contributed by atoms with E-state index < -0.39 is 0 Å². The highest BCUT2D eigenvalue weighted by molar-refractivity contribution is 5.36. The van der Waals surface area contributed by atoms with Crippen LogP contribution >= 0.6 is 0 Å². The van der Waals surface area contributed by atoms with Crippen LogP contribution in [0.4, 0.5) is 5.82 Å². The SMILES string of the molecule is COc1ccccc1Cc1nccc(N)n1. The minimum Gasteiger partial charge on any atom is -0.496 e. The van der Waals surface area contributed by atoms with Gasteiger partial charge in [0.2, 0.25) is 0 Å². The lowest BCUT2D eigenvalue weighted by atomic mass is 10.1. The van der Waals surface area contributed by atoms with Crippen LogP contribution in [-0.4, -0.2) is 17.1 Å². The second-order valence-electron chi connectivity index (χ2n) is 3.39. The highest BCUT2D eigenvalue weighted by Gasteiger charge is 2.04. The number of anilines is 1. The number of hydrogen-bond acceptors (Lipinski definition) is 4. The van der Waals surface area contributed by atoms with E-state index in [2.05, 4.69) is 9.97 Å². The van der Waals surface area contributed by atoms with Crippen molar-refractivity contribution >= 4 is 5.82 Å². The summed E-state index contributed by atoms with van der Waals surface area (Å²) in [5, 5.41) is 0. The molecule has 1 aromatic heterocycles. The average molecular weight is 215 g/mol. The van der Waals surface area contributed by atoms with Gasteiger partial charge in [-0.05, 0) is 12.1 Å². The zero-order valence-corrected chi connectivity index (χ0v) is 9.05. The van der Waals surface area contributed by atoms with Crippen LogP contribution < -0.4 is 10.5 Å². The van der Waals surface area contributed by atoms with Gasteiger partial charge in [0.05, 0.1) is 7.11 Å². The molecule has 0 amide bonds. The summed E-state index contributed by atoms with van der Waals surface area (Å²) in [6, 6.07) is 9.48. The van der Waals surface area contributed by atoms with Gasteiger partial charge >= 0.3 is 0 Å². The number of benzene rings is 1. The second kappa shape index (κ2) is 4.61. The molecule has 2 rings (SSSR count). The number of para-hydroxylation sites is 1. The van der Waals surface area contributed by atoms with Crippen molar-refractivity contribution in [1.29, 1.82) is 0 Å². The third-order valence-corrected chi connectivity index (χ3v) is 2.27. The van der Waals surface area contributed by atoms with Crippen molar-refractivity contribution in [2.24, 2.45) is 0 Å². The Morgan fingerprint density at radius 3 is 2.81 bits per heavy atom. The molecule has 0 saturated heterocycles. The zero-order chi connectivity index (χ0) is 11.4. The Hall–Kier alpha value is -2.10. The van der Waals surface area contributed by atoms with Gasteiger partial charge in [-0.15, -0.1) is 0 Å². The molecule has 0 aliphatic rings. The molecule has 16 heavy (non-hydrogen) atoms. The number of aromatic nitrogens is 2. The van der Waals surface area contributed by atoms with Gasteiger partial charge in [-0.25, -0.2) is 9.97 Å². The van der Waals surface area contributed by atoms with Crippen LogP contribution in [0.1, 0.15) is 11.4 Å². The predicted molar refractivity (Wildman–Crippen MR) is 62.2 cm³/mol. The monoisotopic (exact) mass is 215 g/mol. The van der Waals surface area contributed by atoms with Crippen molar-refractivity contribution in [3.05, 3.63) is 47.9 Å². The Morgan fingerprint density at radius 1 is 1.25 bits per heavy atom. The first-order valence-electron chi connectivity index (χ1n) is 4.99. The Balaban J connectivity index is 2.26. The van der Waals surface area contributed by atoms with Gasteiger partial charge in [0.1, 0.15) is 17.4 Å². The summed E-state index contributed by atoms with van der Waals surface area (Å²) in [6.07, 6.45) is 2.28. The molecular formula is C12H13N3O. The van der Waals surface area contributed by atoms with E-state index in [0.717, 1.165) is 11.3 Å². The summed E-state index contributed by atoms with van der Waals surface area (Å²) in [5.74, 6) is 2.03. The summed E-state index contributed by atoms with van der Waals surface area (Å²) in [4.78, 5) is 8.32. The van der Waals surface area contributed by atoms with Crippen LogP contribution in [0, 0.1) is 0 Å². The molecule has 1 aromatic carbocycles. The first-order valence-corrected chi connectivity index (χ1v) is 4.99. The minimum absolute atomic E-state index is 0.486. The smallest absolute Gasteiger partial charge is 0.135 e. The highest BCUT2D eigenvalue weighted by atomic mass is 16.5. The summed E-state index contributed by atoms with van der Waals surface area (Å²) in [5.41, 5.74) is 6.65. The number of nitrogens with two attached hydrogens (primary N) is 1. The molecule has 0 atom stereocenters. The maximum atomic E-state index is 5.60. The molecule has 0 bridgehead atoms. The maximum absolute atomic E-state index is 5.60. The Bertz CT molecular complexity index is 485. The van der Waals surface area contributed by atoms with Crippen molar-refractivity contribution in [2.45, 2.75) is 6.42 Å². The Morgan fingerprint density at radius 2 is 2.06 bits per heavy atom. The summed E-state index contributed by atoms with van der Waals surface area (Å²) in [7, 11) is 1.65. The van der Waals surface area contributed by atoms with Crippen molar-refractivity contribution in [2.75, 3.05) is 12.8 Å². The molecule has 0 spiro atoms. The molecule has 0 saturated carbocycles. The number of ether oxygens (including phenoxy) is 1. The molecule has 0 fully saturated rings. The summed E-state index contributed by atoms with van der Waals surface area (Å²) < 4.78 is 5.26. The van der Waals surface area contributed by atoms with E-state index in [4.69, 9.17) is 10.5 Å². The average Bonchev–Trinajstić information content (AvgIpc) is 2.30. The normalized spacial score (nSPS) is 10.1. The minimum atomic E-state index is 0.486. The lowest BCUT2D eigenvalue weighted by molar-refractivity contribution is 0.410. The van der Waals surface area contributed by atoms with Crippen LogP contribution in [0.5, 0.6) is 5.75 Å². The molecule has 0 aliphatic heterocycles. The first-order chi connectivity index (χ1) is 7.79. The first kappa shape index (κ1) is 10.4. The molecule has 82 valence electrons. The second-order valence-corrected chi connectivity index (χ2v) is 3.39. The number of nitrogen functional groups attached to an aromatic ring is 1. The summed E-state index contributed by atoms with van der Waals surface area (Å²) >= 11 is 0. The van der Waals surface area contributed by atoms with Gasteiger partial charge in [-0.1, -0.05) is 18.2 Å². The lowest BCUT2D eigenvalue weighted by Gasteiger charge is -2.07. The Kier molecular flexibility index (Phi) is 3.00. The van der Waals surface area contributed by atoms with E-state index in [1.165, 1.54) is 0 Å². The molecule has 4 nitrogen and oxygen atoms in total. The summed E-state index contributed by atoms with van der Waals surface area (Å²) in [6.45, 7) is 0. The number of rotatable bonds is 3. The third kappa shape index (κ3) is 2.28. The fourth-order valence-electron chi connectivity index (χ4n) is 1.52. The van der Waals surface area contributed by atoms with Crippen LogP contribution in [0.15, 0.2) is 36.5 Å². The van der Waals surface area contributed by atoms with E-state index in [-0.39, 0.29) is 0 Å². The predicted octanol–water partition coefficient (Wildman–Crippen LogP) is 1.66. The molecule has 2 N–H and O–H groups in total. The number of hydrogen-bond donors (Lipinski definition) is 1. The van der Waals surface area contributed by atoms with Crippen molar-refractivity contribution in [1.82, 2.24) is 9.97 Å². The van der Waals surface area contributed by atoms with Gasteiger partial charge in [0, 0.05) is 18.2 Å². The van der Waals surface area contributed by atoms with E-state index >= 15 is 0 Å². The van der Waals surface area contributed by atoms with Gasteiger partial charge in [-0.2, -0.15) is 0 Å². The van der Waals surface area contributed by atoms with Crippen LogP contribution in [0.2, 0.25) is 0 Å². The zero-order valence-electron chi connectivity index (χ0n) is 9.05. The maximum Gasteiger partial charge on any atom is 0.135 e. The van der Waals surface area contributed by atoms with Crippen molar-refractivity contribution in [3.63, 3.8) is 0 Å². The van der Waals surface area contributed by atoms with Crippen molar-refractivity contribution in [3.8, 4) is 5.75 Å². The molecule has 1 heterocycles. The van der Waals surface area contributed by atoms with E-state index in [9.17, 15) is 0 Å². The van der Waals surface area contributed by atoms with E-state index in [1.54, 1.807) is 19.4 Å². The molecule has 4 heteroatoms. The third-order valence-electron chi connectivity index (χ3n) is 2.27. The van der Waals surface area contributed by atoms with E-state index in [0.29, 0.717) is 18.1 Å². The topological polar surface area (TPSA) is 61.0 Å². The molecule has 0 radical (unpaired) electrons. The largest absolute Gasteiger partial charge is 0.496 e. The highest BCUT2D eigenvalue weighted by Crippen LogP contribution is 2.19. The number of methoxy groups -OCH3 is 1. The molecule has 0 aliphatic carbocycles. The fraction of sp³-hybridized carbons (Fsp3) is 0.167. The van der Waals surface area contributed by atoms with Crippen molar-refractivity contribution < 1.29 is 4.74 Å². The fourth-order valence-corrected chi connectivity index (χ4v) is 1.52. The van der Waals surface area contributed by atoms with Crippen LogP contribution in [0.3, 0.4) is 0 Å². The molecule has 2 aromatic rings. The number of nitrogens with zero attached hydrogens (tertiary/aromatic N) is 2. The van der Waals surface area contributed by atoms with Gasteiger partial charge < -0.3 is 10.5 Å². The Labute approximate surface area is 94.1 Å². The molecule has 0 unspecified atom stereocenters. The standard InChI is InChI=1S/C12H13N3O/c1-16-10-5-3-2-4-9(10)8-12-14-7-6-11(13)15-12/h2-7H,8H2,1H3,(H2,13,14,15). The van der Waals surface area contributed by atoms with E-state index in [1.807, 2.05) is 24.3 Å². The van der Waals surface area contributed by atoms with Crippen LogP contribution in [0.25, 0.3) is 0 Å². The quantitative estimate of drug-likeness (QED) is 0.845. The lowest BCUT2D eigenvalue weighted by Crippen LogP contribution is -2.00.